The number of carbonyl (C=O) groups excluding carboxylic acids is 1. The van der Waals surface area contributed by atoms with Gasteiger partial charge >= 0.3 is 0 Å². The predicted octanol–water partition coefficient (Wildman–Crippen LogP) is 0.405. The van der Waals surface area contributed by atoms with Crippen molar-refractivity contribution in [3.8, 4) is 5.75 Å². The fraction of sp³-hybridized carbons (Fsp3) is 0.462. The molecular formula is C13H20N2O4. The van der Waals surface area contributed by atoms with Crippen molar-refractivity contribution in [3.63, 3.8) is 0 Å². The van der Waals surface area contributed by atoms with Gasteiger partial charge in [0.1, 0.15) is 5.75 Å². The van der Waals surface area contributed by atoms with Crippen LogP contribution in [0.3, 0.4) is 0 Å². The van der Waals surface area contributed by atoms with Crippen molar-refractivity contribution in [1.29, 1.82) is 0 Å². The monoisotopic (exact) mass is 268 g/mol. The molecule has 6 nitrogen and oxygen atoms in total. The first-order valence-corrected chi connectivity index (χ1v) is 5.96. The Morgan fingerprint density at radius 1 is 1.47 bits per heavy atom. The minimum atomic E-state index is -0.259. The van der Waals surface area contributed by atoms with Crippen molar-refractivity contribution in [1.82, 2.24) is 5.32 Å². The summed E-state index contributed by atoms with van der Waals surface area (Å²) in [6.07, 6.45) is 0.436. The summed E-state index contributed by atoms with van der Waals surface area (Å²) in [5.74, 6) is 0.269. The van der Waals surface area contributed by atoms with E-state index < -0.39 is 0 Å². The predicted molar refractivity (Wildman–Crippen MR) is 72.2 cm³/mol. The number of nitrogens with one attached hydrogen (secondary N) is 1. The minimum Gasteiger partial charge on any atom is -0.495 e. The van der Waals surface area contributed by atoms with Gasteiger partial charge in [-0.1, -0.05) is 0 Å². The minimum absolute atomic E-state index is 0.0148. The van der Waals surface area contributed by atoms with E-state index in [0.29, 0.717) is 30.0 Å². The molecule has 0 aromatic heterocycles. The number of hydrogen-bond donors (Lipinski definition) is 3. The molecule has 0 heterocycles. The highest BCUT2D eigenvalue weighted by molar-refractivity contribution is 5.95. The van der Waals surface area contributed by atoms with Crippen molar-refractivity contribution in [2.75, 3.05) is 33.2 Å². The lowest BCUT2D eigenvalue weighted by Crippen LogP contribution is -2.38. The molecular weight excluding hydrogens is 248 g/mol. The van der Waals surface area contributed by atoms with Crippen LogP contribution < -0.4 is 15.8 Å². The third kappa shape index (κ3) is 4.42. The Hall–Kier alpha value is -1.79. The van der Waals surface area contributed by atoms with Crippen LogP contribution in [0.1, 0.15) is 16.8 Å². The number of hydrogen-bond acceptors (Lipinski definition) is 5. The first kappa shape index (κ1) is 15.3. The zero-order valence-corrected chi connectivity index (χ0v) is 11.2. The molecule has 19 heavy (non-hydrogen) atoms. The molecule has 0 bridgehead atoms. The first-order valence-electron chi connectivity index (χ1n) is 5.96. The average molecular weight is 268 g/mol. The van der Waals surface area contributed by atoms with Gasteiger partial charge < -0.3 is 25.6 Å². The summed E-state index contributed by atoms with van der Waals surface area (Å²) >= 11 is 0. The number of aliphatic hydroxyl groups is 1. The highest BCUT2D eigenvalue weighted by Gasteiger charge is 2.14. The summed E-state index contributed by atoms with van der Waals surface area (Å²) in [6.45, 7) is 0.330. The molecule has 0 aliphatic carbocycles. The van der Waals surface area contributed by atoms with E-state index in [1.807, 2.05) is 0 Å². The summed E-state index contributed by atoms with van der Waals surface area (Å²) in [6, 6.07) is 4.59. The van der Waals surface area contributed by atoms with E-state index in [4.69, 9.17) is 20.3 Å². The van der Waals surface area contributed by atoms with Crippen LogP contribution in [-0.4, -0.2) is 44.5 Å². The number of benzene rings is 1. The van der Waals surface area contributed by atoms with Crippen LogP contribution in [0.2, 0.25) is 0 Å². The first-order chi connectivity index (χ1) is 9.12. The number of aliphatic hydroxyl groups excluding tert-OH is 1. The van der Waals surface area contributed by atoms with Gasteiger partial charge in [0, 0.05) is 19.3 Å². The zero-order chi connectivity index (χ0) is 14.3. The molecule has 1 rings (SSSR count). The molecule has 0 radical (unpaired) electrons. The standard InChI is InChI=1S/C13H20N2O4/c1-18-8-10(5-6-16)15-13(17)9-3-4-12(19-2)11(14)7-9/h3-4,7,10,16H,5-6,8,14H2,1-2H3,(H,15,17). The number of ether oxygens (including phenoxy) is 2. The Morgan fingerprint density at radius 2 is 2.21 bits per heavy atom. The lowest BCUT2D eigenvalue weighted by atomic mass is 10.1. The van der Waals surface area contributed by atoms with Gasteiger partial charge in [-0.05, 0) is 24.6 Å². The molecule has 1 unspecified atom stereocenters. The lowest BCUT2D eigenvalue weighted by molar-refractivity contribution is 0.0878. The highest BCUT2D eigenvalue weighted by atomic mass is 16.5. The van der Waals surface area contributed by atoms with Crippen molar-refractivity contribution < 1.29 is 19.4 Å². The third-order valence-corrected chi connectivity index (χ3v) is 2.67. The van der Waals surface area contributed by atoms with Crippen molar-refractivity contribution in [2.24, 2.45) is 0 Å². The van der Waals surface area contributed by atoms with Crippen LogP contribution in [0.15, 0.2) is 18.2 Å². The van der Waals surface area contributed by atoms with Gasteiger partial charge in [0.2, 0.25) is 0 Å². The number of anilines is 1. The smallest absolute Gasteiger partial charge is 0.251 e. The highest BCUT2D eigenvalue weighted by Crippen LogP contribution is 2.21. The van der Waals surface area contributed by atoms with E-state index >= 15 is 0 Å². The van der Waals surface area contributed by atoms with E-state index in [1.165, 1.54) is 7.11 Å². The maximum absolute atomic E-state index is 12.0. The number of amides is 1. The lowest BCUT2D eigenvalue weighted by Gasteiger charge is -2.17. The second-order valence-corrected chi connectivity index (χ2v) is 4.09. The number of rotatable bonds is 7. The van der Waals surface area contributed by atoms with Gasteiger partial charge in [0.25, 0.3) is 5.91 Å². The van der Waals surface area contributed by atoms with E-state index in [2.05, 4.69) is 5.32 Å². The quantitative estimate of drug-likeness (QED) is 0.622. The summed E-state index contributed by atoms with van der Waals surface area (Å²) in [4.78, 5) is 12.0. The molecule has 1 amide bonds. The van der Waals surface area contributed by atoms with Gasteiger partial charge in [0.15, 0.2) is 0 Å². The molecule has 0 aliphatic rings. The molecule has 0 spiro atoms. The van der Waals surface area contributed by atoms with Crippen molar-refractivity contribution >= 4 is 11.6 Å². The molecule has 1 aromatic rings. The molecule has 4 N–H and O–H groups in total. The molecule has 6 heteroatoms. The average Bonchev–Trinajstić information content (AvgIpc) is 2.39. The Bertz CT molecular complexity index is 417. The topological polar surface area (TPSA) is 93.8 Å². The Labute approximate surface area is 112 Å². The number of methoxy groups -OCH3 is 2. The number of nitrogens with two attached hydrogens (primary N) is 1. The Kier molecular flexibility index (Phi) is 6.11. The van der Waals surface area contributed by atoms with Crippen LogP contribution in [0.5, 0.6) is 5.75 Å². The van der Waals surface area contributed by atoms with E-state index in [9.17, 15) is 4.79 Å². The normalized spacial score (nSPS) is 11.9. The van der Waals surface area contributed by atoms with Crippen LogP contribution >= 0.6 is 0 Å². The van der Waals surface area contributed by atoms with Gasteiger partial charge in [-0.15, -0.1) is 0 Å². The molecule has 0 aliphatic heterocycles. The third-order valence-electron chi connectivity index (χ3n) is 2.67. The van der Waals surface area contributed by atoms with E-state index in [0.717, 1.165) is 0 Å². The second-order valence-electron chi connectivity index (χ2n) is 4.09. The van der Waals surface area contributed by atoms with Crippen LogP contribution in [0, 0.1) is 0 Å². The number of carbonyl (C=O) groups is 1. The molecule has 106 valence electrons. The van der Waals surface area contributed by atoms with Crippen LogP contribution in [-0.2, 0) is 4.74 Å². The van der Waals surface area contributed by atoms with Crippen molar-refractivity contribution in [3.05, 3.63) is 23.8 Å². The molecule has 0 saturated carbocycles. The molecule has 0 saturated heterocycles. The van der Waals surface area contributed by atoms with Crippen LogP contribution in [0.4, 0.5) is 5.69 Å². The van der Waals surface area contributed by atoms with Gasteiger partial charge in [0.05, 0.1) is 25.4 Å². The fourth-order valence-corrected chi connectivity index (χ4v) is 1.70. The van der Waals surface area contributed by atoms with E-state index in [-0.39, 0.29) is 18.6 Å². The van der Waals surface area contributed by atoms with E-state index in [1.54, 1.807) is 25.3 Å². The number of nitrogen functional groups attached to an aromatic ring is 1. The molecule has 0 fully saturated rings. The largest absolute Gasteiger partial charge is 0.495 e. The maximum atomic E-state index is 12.0. The van der Waals surface area contributed by atoms with Crippen molar-refractivity contribution in [2.45, 2.75) is 12.5 Å². The maximum Gasteiger partial charge on any atom is 0.251 e. The van der Waals surface area contributed by atoms with Gasteiger partial charge in [-0.2, -0.15) is 0 Å². The molecule has 1 atom stereocenters. The van der Waals surface area contributed by atoms with Crippen LogP contribution in [0.25, 0.3) is 0 Å². The second kappa shape index (κ2) is 7.60. The summed E-state index contributed by atoms with van der Waals surface area (Å²) < 4.78 is 10.0. The summed E-state index contributed by atoms with van der Waals surface area (Å²) in [7, 11) is 3.06. The molecule has 1 aromatic carbocycles. The SMILES string of the molecule is COCC(CCO)NC(=O)c1ccc(OC)c(N)c1. The summed E-state index contributed by atoms with van der Waals surface area (Å²) in [5.41, 5.74) is 6.59. The zero-order valence-electron chi connectivity index (χ0n) is 11.2. The van der Waals surface area contributed by atoms with Gasteiger partial charge in [-0.3, -0.25) is 4.79 Å². The Morgan fingerprint density at radius 3 is 2.74 bits per heavy atom. The Balaban J connectivity index is 2.73. The summed E-state index contributed by atoms with van der Waals surface area (Å²) in [5, 5.41) is 11.7. The fourth-order valence-electron chi connectivity index (χ4n) is 1.70. The van der Waals surface area contributed by atoms with Gasteiger partial charge in [-0.25, -0.2) is 0 Å².